The lowest BCUT2D eigenvalue weighted by atomic mass is 10.1. The van der Waals surface area contributed by atoms with Crippen LogP contribution in [0.5, 0.6) is 0 Å². The van der Waals surface area contributed by atoms with Crippen molar-refractivity contribution < 1.29 is 4.79 Å². The molecule has 0 atom stereocenters. The Morgan fingerprint density at radius 1 is 1.14 bits per heavy atom. The van der Waals surface area contributed by atoms with E-state index in [0.717, 1.165) is 13.0 Å². The van der Waals surface area contributed by atoms with Crippen molar-refractivity contribution in [2.75, 3.05) is 24.5 Å². The maximum atomic E-state index is 11.7. The highest BCUT2D eigenvalue weighted by Crippen LogP contribution is 2.20. The Morgan fingerprint density at radius 2 is 1.81 bits per heavy atom. The highest BCUT2D eigenvalue weighted by molar-refractivity contribution is 5.76. The van der Waals surface area contributed by atoms with Crippen molar-refractivity contribution in [2.45, 2.75) is 46.0 Å². The molecule has 1 saturated heterocycles. The molecule has 1 aromatic carbocycles. The molecule has 3 nitrogen and oxygen atoms in total. The van der Waals surface area contributed by atoms with Gasteiger partial charge in [0.1, 0.15) is 0 Å². The maximum Gasteiger partial charge on any atom is 0.220 e. The highest BCUT2D eigenvalue weighted by Gasteiger charge is 2.10. The summed E-state index contributed by atoms with van der Waals surface area (Å²) in [4.78, 5) is 14.2. The zero-order valence-electron chi connectivity index (χ0n) is 13.4. The molecule has 0 unspecified atom stereocenters. The molecule has 1 N–H and O–H groups in total. The molecule has 1 heterocycles. The molecule has 1 aliphatic rings. The summed E-state index contributed by atoms with van der Waals surface area (Å²) >= 11 is 0. The predicted molar refractivity (Wildman–Crippen MR) is 88.7 cm³/mol. The summed E-state index contributed by atoms with van der Waals surface area (Å²) in [6.45, 7) is 7.35. The van der Waals surface area contributed by atoms with Gasteiger partial charge in [0, 0.05) is 31.7 Å². The predicted octanol–water partition coefficient (Wildman–Crippen LogP) is 3.38. The van der Waals surface area contributed by atoms with Crippen LogP contribution in [-0.4, -0.2) is 25.5 Å². The summed E-state index contributed by atoms with van der Waals surface area (Å²) in [7, 11) is 0. The Kier molecular flexibility index (Phi) is 6.09. The quantitative estimate of drug-likeness (QED) is 0.870. The summed E-state index contributed by atoms with van der Waals surface area (Å²) in [5.41, 5.74) is 2.57. The van der Waals surface area contributed by atoms with Crippen LogP contribution in [0, 0.1) is 5.92 Å². The van der Waals surface area contributed by atoms with Crippen LogP contribution >= 0.6 is 0 Å². The highest BCUT2D eigenvalue weighted by atomic mass is 16.1. The molecular weight excluding hydrogens is 260 g/mol. The van der Waals surface area contributed by atoms with E-state index in [4.69, 9.17) is 0 Å². The molecule has 0 aromatic heterocycles. The zero-order chi connectivity index (χ0) is 15.1. The van der Waals surface area contributed by atoms with Gasteiger partial charge in [-0.25, -0.2) is 0 Å². The lowest BCUT2D eigenvalue weighted by Crippen LogP contribution is -2.29. The van der Waals surface area contributed by atoms with Crippen LogP contribution in [0.2, 0.25) is 0 Å². The normalized spacial score (nSPS) is 15.3. The zero-order valence-corrected chi connectivity index (χ0v) is 13.4. The average molecular weight is 288 g/mol. The fourth-order valence-electron chi connectivity index (χ4n) is 2.69. The molecule has 1 amide bonds. The Bertz CT molecular complexity index is 433. The fourth-order valence-corrected chi connectivity index (χ4v) is 2.69. The molecule has 2 rings (SSSR count). The van der Waals surface area contributed by atoms with Crippen molar-refractivity contribution in [2.24, 2.45) is 5.92 Å². The van der Waals surface area contributed by atoms with E-state index in [2.05, 4.69) is 48.3 Å². The first-order valence-corrected chi connectivity index (χ1v) is 8.26. The van der Waals surface area contributed by atoms with Crippen molar-refractivity contribution >= 4 is 11.6 Å². The van der Waals surface area contributed by atoms with E-state index in [1.807, 2.05) is 0 Å². The second-order valence-corrected chi connectivity index (χ2v) is 6.41. The first-order chi connectivity index (χ1) is 10.1. The number of nitrogens with one attached hydrogen (secondary N) is 1. The molecule has 0 spiro atoms. The summed E-state index contributed by atoms with van der Waals surface area (Å²) in [6, 6.07) is 8.73. The molecule has 0 aliphatic carbocycles. The number of anilines is 1. The van der Waals surface area contributed by atoms with Crippen molar-refractivity contribution in [3.05, 3.63) is 29.8 Å². The van der Waals surface area contributed by atoms with Crippen molar-refractivity contribution in [1.29, 1.82) is 0 Å². The number of carbonyl (C=O) groups excluding carboxylic acids is 1. The molecule has 0 saturated carbocycles. The third-order valence-electron chi connectivity index (χ3n) is 4.01. The van der Waals surface area contributed by atoms with Gasteiger partial charge in [-0.1, -0.05) is 26.0 Å². The number of hydrogen-bond acceptors (Lipinski definition) is 2. The van der Waals surface area contributed by atoms with Crippen LogP contribution in [0.25, 0.3) is 0 Å². The van der Waals surface area contributed by atoms with E-state index >= 15 is 0 Å². The SMILES string of the molecule is CC(C)CNC(=O)CCc1ccc(N2CCCCC2)cc1. The Balaban J connectivity index is 1.78. The molecule has 0 radical (unpaired) electrons. The molecule has 1 fully saturated rings. The van der Waals surface area contributed by atoms with E-state index in [1.165, 1.54) is 43.6 Å². The molecular formula is C18H28N2O. The monoisotopic (exact) mass is 288 g/mol. The van der Waals surface area contributed by atoms with Crippen molar-refractivity contribution in [3.63, 3.8) is 0 Å². The van der Waals surface area contributed by atoms with E-state index in [0.29, 0.717) is 12.3 Å². The van der Waals surface area contributed by atoms with Crippen LogP contribution < -0.4 is 10.2 Å². The van der Waals surface area contributed by atoms with Gasteiger partial charge in [0.05, 0.1) is 0 Å². The third kappa shape index (κ3) is 5.41. The Hall–Kier alpha value is -1.51. The smallest absolute Gasteiger partial charge is 0.220 e. The van der Waals surface area contributed by atoms with Crippen LogP contribution in [0.15, 0.2) is 24.3 Å². The summed E-state index contributed by atoms with van der Waals surface area (Å²) in [5, 5.41) is 2.97. The Morgan fingerprint density at radius 3 is 2.43 bits per heavy atom. The van der Waals surface area contributed by atoms with E-state index in [9.17, 15) is 4.79 Å². The second kappa shape index (κ2) is 8.06. The molecule has 116 valence electrons. The van der Waals surface area contributed by atoms with Crippen LogP contribution in [-0.2, 0) is 11.2 Å². The molecule has 21 heavy (non-hydrogen) atoms. The number of benzene rings is 1. The second-order valence-electron chi connectivity index (χ2n) is 6.41. The first kappa shape index (κ1) is 15.9. The van der Waals surface area contributed by atoms with Gasteiger partial charge in [-0.05, 0) is 49.3 Å². The third-order valence-corrected chi connectivity index (χ3v) is 4.01. The van der Waals surface area contributed by atoms with Crippen LogP contribution in [0.3, 0.4) is 0 Å². The minimum atomic E-state index is 0.156. The van der Waals surface area contributed by atoms with E-state index < -0.39 is 0 Å². The number of amides is 1. The minimum Gasteiger partial charge on any atom is -0.372 e. The largest absolute Gasteiger partial charge is 0.372 e. The van der Waals surface area contributed by atoms with E-state index in [-0.39, 0.29) is 5.91 Å². The minimum absolute atomic E-state index is 0.156. The van der Waals surface area contributed by atoms with E-state index in [1.54, 1.807) is 0 Å². The van der Waals surface area contributed by atoms with Gasteiger partial charge < -0.3 is 10.2 Å². The van der Waals surface area contributed by atoms with Gasteiger partial charge in [-0.2, -0.15) is 0 Å². The molecule has 1 aliphatic heterocycles. The number of nitrogens with zero attached hydrogens (tertiary/aromatic N) is 1. The average Bonchev–Trinajstić information content (AvgIpc) is 2.52. The maximum absolute atomic E-state index is 11.7. The molecule has 1 aromatic rings. The van der Waals surface area contributed by atoms with Gasteiger partial charge in [-0.3, -0.25) is 4.79 Å². The number of carbonyl (C=O) groups is 1. The summed E-state index contributed by atoms with van der Waals surface area (Å²) < 4.78 is 0. The number of hydrogen-bond donors (Lipinski definition) is 1. The summed E-state index contributed by atoms with van der Waals surface area (Å²) in [5.74, 6) is 0.668. The van der Waals surface area contributed by atoms with Gasteiger partial charge >= 0.3 is 0 Å². The fraction of sp³-hybridized carbons (Fsp3) is 0.611. The number of piperidine rings is 1. The Labute approximate surface area is 128 Å². The van der Waals surface area contributed by atoms with Crippen molar-refractivity contribution in [1.82, 2.24) is 5.32 Å². The van der Waals surface area contributed by atoms with Gasteiger partial charge in [-0.15, -0.1) is 0 Å². The lowest BCUT2D eigenvalue weighted by Gasteiger charge is -2.28. The van der Waals surface area contributed by atoms with Gasteiger partial charge in [0.15, 0.2) is 0 Å². The number of aryl methyl sites for hydroxylation is 1. The van der Waals surface area contributed by atoms with Crippen LogP contribution in [0.1, 0.15) is 45.1 Å². The number of rotatable bonds is 6. The summed E-state index contributed by atoms with van der Waals surface area (Å²) in [6.07, 6.45) is 5.37. The lowest BCUT2D eigenvalue weighted by molar-refractivity contribution is -0.121. The van der Waals surface area contributed by atoms with Gasteiger partial charge in [0.25, 0.3) is 0 Å². The van der Waals surface area contributed by atoms with Crippen molar-refractivity contribution in [3.8, 4) is 0 Å². The van der Waals surface area contributed by atoms with Crippen LogP contribution in [0.4, 0.5) is 5.69 Å². The topological polar surface area (TPSA) is 32.3 Å². The standard InChI is InChI=1S/C18H28N2O/c1-15(2)14-19-18(21)11-8-16-6-9-17(10-7-16)20-12-4-3-5-13-20/h6-7,9-10,15H,3-5,8,11-14H2,1-2H3,(H,19,21). The first-order valence-electron chi connectivity index (χ1n) is 8.26. The molecule has 0 bridgehead atoms. The molecule has 3 heteroatoms. The van der Waals surface area contributed by atoms with Gasteiger partial charge in [0.2, 0.25) is 5.91 Å².